The van der Waals surface area contributed by atoms with Crippen molar-refractivity contribution < 1.29 is 4.79 Å². The van der Waals surface area contributed by atoms with Crippen molar-refractivity contribution >= 4 is 18.3 Å². The maximum Gasteiger partial charge on any atom is 0.266 e. The van der Waals surface area contributed by atoms with E-state index >= 15 is 0 Å². The van der Waals surface area contributed by atoms with Crippen molar-refractivity contribution in [2.24, 2.45) is 0 Å². The van der Waals surface area contributed by atoms with Gasteiger partial charge in [0.25, 0.3) is 5.91 Å². The van der Waals surface area contributed by atoms with E-state index in [2.05, 4.69) is 15.8 Å². The Hall–Kier alpha value is -1.13. The Morgan fingerprint density at radius 3 is 2.71 bits per heavy atom. The Labute approximate surface area is 89.5 Å². The number of nitrogens with zero attached hydrogens (tertiary/aromatic N) is 1. The summed E-state index contributed by atoms with van der Waals surface area (Å²) in [5.74, 6) is -0.165. The van der Waals surface area contributed by atoms with Crippen LogP contribution in [0.25, 0.3) is 0 Å². The Morgan fingerprint density at radius 2 is 2.21 bits per heavy atom. The van der Waals surface area contributed by atoms with Gasteiger partial charge >= 0.3 is 0 Å². The molecule has 1 heterocycles. The van der Waals surface area contributed by atoms with Gasteiger partial charge < -0.3 is 0 Å². The zero-order valence-electron chi connectivity index (χ0n) is 8.15. The normalized spacial score (nSPS) is 9.36. The molecule has 0 fully saturated rings. The summed E-state index contributed by atoms with van der Waals surface area (Å²) in [5.41, 5.74) is 5.94. The zero-order valence-corrected chi connectivity index (χ0v) is 8.97. The lowest BCUT2D eigenvalue weighted by molar-refractivity contribution is 0.0927. The van der Waals surface area contributed by atoms with Crippen molar-refractivity contribution in [3.05, 3.63) is 30.1 Å². The van der Waals surface area contributed by atoms with Gasteiger partial charge in [0, 0.05) is 18.4 Å². The second-order valence-electron chi connectivity index (χ2n) is 2.99. The highest BCUT2D eigenvalue weighted by molar-refractivity contribution is 5.93. The highest BCUT2D eigenvalue weighted by atomic mass is 35.5. The fourth-order valence-electron chi connectivity index (χ4n) is 0.779. The van der Waals surface area contributed by atoms with Crippen LogP contribution in [-0.4, -0.2) is 16.9 Å². The molecule has 4 nitrogen and oxygen atoms in total. The zero-order chi connectivity index (χ0) is 9.68. The van der Waals surface area contributed by atoms with Crippen LogP contribution in [0.3, 0.4) is 0 Å². The van der Waals surface area contributed by atoms with Crippen LogP contribution in [-0.2, 0) is 0 Å². The summed E-state index contributed by atoms with van der Waals surface area (Å²) in [4.78, 5) is 15.2. The maximum absolute atomic E-state index is 11.3. The quantitative estimate of drug-likeness (QED) is 0.744. The summed E-state index contributed by atoms with van der Waals surface area (Å²) in [6, 6.07) is 3.66. The van der Waals surface area contributed by atoms with Crippen molar-refractivity contribution in [2.45, 2.75) is 19.9 Å². The highest BCUT2D eigenvalue weighted by Gasteiger charge is 2.03. The van der Waals surface area contributed by atoms with Crippen LogP contribution in [0.2, 0.25) is 0 Å². The van der Waals surface area contributed by atoms with Gasteiger partial charge in [-0.05, 0) is 26.0 Å². The fourth-order valence-corrected chi connectivity index (χ4v) is 0.779. The van der Waals surface area contributed by atoms with E-state index in [4.69, 9.17) is 0 Å². The Kier molecular flexibility index (Phi) is 5.83. The summed E-state index contributed by atoms with van der Waals surface area (Å²) in [6.45, 7) is 3.90. The third-order valence-electron chi connectivity index (χ3n) is 1.40. The number of carbonyl (C=O) groups excluding carboxylic acids is 1. The standard InChI is InChI=1S/C9H13N3O.ClH/c1-7(2)11-12-9(13)8-4-3-5-10-6-8;/h3-7,11H,1-2H3,(H,12,13);1H. The van der Waals surface area contributed by atoms with E-state index in [1.54, 1.807) is 18.3 Å². The molecule has 0 saturated carbocycles. The van der Waals surface area contributed by atoms with Gasteiger partial charge in [0.2, 0.25) is 0 Å². The van der Waals surface area contributed by atoms with Crippen molar-refractivity contribution in [2.75, 3.05) is 0 Å². The molecule has 5 heteroatoms. The Bertz CT molecular complexity index is 277. The molecule has 14 heavy (non-hydrogen) atoms. The molecule has 1 aromatic rings. The lowest BCUT2D eigenvalue weighted by Crippen LogP contribution is -2.41. The molecule has 0 unspecified atom stereocenters. The molecular weight excluding hydrogens is 202 g/mol. The van der Waals surface area contributed by atoms with Gasteiger partial charge in [0.15, 0.2) is 0 Å². The average Bonchev–Trinajstić information content (AvgIpc) is 2.15. The first-order chi connectivity index (χ1) is 6.20. The Balaban J connectivity index is 0.00000169. The average molecular weight is 216 g/mol. The largest absolute Gasteiger partial charge is 0.287 e. The Morgan fingerprint density at radius 1 is 1.50 bits per heavy atom. The minimum absolute atomic E-state index is 0. The summed E-state index contributed by atoms with van der Waals surface area (Å²) < 4.78 is 0. The molecule has 0 radical (unpaired) electrons. The molecule has 0 atom stereocenters. The number of amides is 1. The number of hydrogen-bond donors (Lipinski definition) is 2. The van der Waals surface area contributed by atoms with Crippen LogP contribution >= 0.6 is 12.4 Å². The topological polar surface area (TPSA) is 54.0 Å². The second kappa shape index (κ2) is 6.34. The number of aromatic nitrogens is 1. The lowest BCUT2D eigenvalue weighted by atomic mass is 10.3. The molecule has 1 aromatic heterocycles. The lowest BCUT2D eigenvalue weighted by Gasteiger charge is -2.09. The van der Waals surface area contributed by atoms with Gasteiger partial charge in [-0.15, -0.1) is 12.4 Å². The van der Waals surface area contributed by atoms with E-state index in [1.165, 1.54) is 6.20 Å². The smallest absolute Gasteiger partial charge is 0.266 e. The van der Waals surface area contributed by atoms with Crippen molar-refractivity contribution in [3.63, 3.8) is 0 Å². The van der Waals surface area contributed by atoms with E-state index in [0.717, 1.165) is 0 Å². The summed E-state index contributed by atoms with van der Waals surface area (Å²) in [5, 5.41) is 0. The third kappa shape index (κ3) is 4.20. The molecule has 0 saturated heterocycles. The van der Waals surface area contributed by atoms with Crippen molar-refractivity contribution in [1.29, 1.82) is 0 Å². The summed E-state index contributed by atoms with van der Waals surface area (Å²) in [7, 11) is 0. The second-order valence-corrected chi connectivity index (χ2v) is 2.99. The molecular formula is C9H14ClN3O. The van der Waals surface area contributed by atoms with E-state index in [-0.39, 0.29) is 24.4 Å². The van der Waals surface area contributed by atoms with Crippen LogP contribution in [0.5, 0.6) is 0 Å². The molecule has 0 spiro atoms. The van der Waals surface area contributed by atoms with E-state index in [0.29, 0.717) is 5.56 Å². The molecule has 0 aliphatic rings. The van der Waals surface area contributed by atoms with Crippen LogP contribution < -0.4 is 10.9 Å². The fraction of sp³-hybridized carbons (Fsp3) is 0.333. The first-order valence-electron chi connectivity index (χ1n) is 4.16. The molecule has 2 N–H and O–H groups in total. The highest BCUT2D eigenvalue weighted by Crippen LogP contribution is 1.93. The van der Waals surface area contributed by atoms with Gasteiger partial charge in [0.05, 0.1) is 5.56 Å². The van der Waals surface area contributed by atoms with Gasteiger partial charge in [-0.2, -0.15) is 0 Å². The number of rotatable bonds is 3. The van der Waals surface area contributed by atoms with Gasteiger partial charge in [0.1, 0.15) is 0 Å². The van der Waals surface area contributed by atoms with Gasteiger partial charge in [-0.1, -0.05) is 0 Å². The van der Waals surface area contributed by atoms with Crippen LogP contribution in [0.4, 0.5) is 0 Å². The first-order valence-corrected chi connectivity index (χ1v) is 4.16. The minimum Gasteiger partial charge on any atom is -0.287 e. The summed E-state index contributed by atoms with van der Waals surface area (Å²) >= 11 is 0. The predicted octanol–water partition coefficient (Wildman–Crippen LogP) is 1.15. The van der Waals surface area contributed by atoms with Crippen LogP contribution in [0, 0.1) is 0 Å². The molecule has 0 bridgehead atoms. The number of hydrazine groups is 1. The maximum atomic E-state index is 11.3. The predicted molar refractivity (Wildman–Crippen MR) is 57.2 cm³/mol. The van der Waals surface area contributed by atoms with Gasteiger partial charge in [-0.3, -0.25) is 15.2 Å². The molecule has 1 amide bonds. The third-order valence-corrected chi connectivity index (χ3v) is 1.40. The summed E-state index contributed by atoms with van der Waals surface area (Å²) in [6.07, 6.45) is 3.16. The van der Waals surface area contributed by atoms with Crippen LogP contribution in [0.1, 0.15) is 24.2 Å². The molecule has 0 aliphatic carbocycles. The SMILES string of the molecule is CC(C)NNC(=O)c1cccnc1.Cl. The number of hydrogen-bond acceptors (Lipinski definition) is 3. The minimum atomic E-state index is -0.165. The van der Waals surface area contributed by atoms with E-state index < -0.39 is 0 Å². The van der Waals surface area contributed by atoms with Gasteiger partial charge in [-0.25, -0.2) is 5.43 Å². The molecule has 0 aliphatic heterocycles. The number of pyridine rings is 1. The number of nitrogens with one attached hydrogen (secondary N) is 2. The van der Waals surface area contributed by atoms with Crippen molar-refractivity contribution in [1.82, 2.24) is 15.8 Å². The van der Waals surface area contributed by atoms with E-state index in [1.807, 2.05) is 13.8 Å². The monoisotopic (exact) mass is 215 g/mol. The molecule has 78 valence electrons. The number of halogens is 1. The number of carbonyl (C=O) groups is 1. The van der Waals surface area contributed by atoms with Crippen LogP contribution in [0.15, 0.2) is 24.5 Å². The van der Waals surface area contributed by atoms with E-state index in [9.17, 15) is 4.79 Å². The molecule has 1 rings (SSSR count). The van der Waals surface area contributed by atoms with Crippen molar-refractivity contribution in [3.8, 4) is 0 Å². The molecule has 0 aromatic carbocycles. The first kappa shape index (κ1) is 12.9.